The van der Waals surface area contributed by atoms with Crippen LogP contribution in [0.5, 0.6) is 0 Å². The summed E-state index contributed by atoms with van der Waals surface area (Å²) in [4.78, 5) is 2.24. The number of benzene rings is 1. The van der Waals surface area contributed by atoms with Crippen molar-refractivity contribution in [2.75, 3.05) is 4.90 Å². The Labute approximate surface area is 109 Å². The van der Waals surface area contributed by atoms with E-state index in [9.17, 15) is 4.39 Å². The van der Waals surface area contributed by atoms with Crippen LogP contribution < -0.4 is 10.6 Å². The van der Waals surface area contributed by atoms with Gasteiger partial charge in [0.15, 0.2) is 0 Å². The molecule has 1 aliphatic rings. The first-order valence-corrected chi connectivity index (χ1v) is 6.88. The third-order valence-electron chi connectivity index (χ3n) is 4.02. The molecule has 2 nitrogen and oxygen atoms in total. The van der Waals surface area contributed by atoms with Crippen LogP contribution in [-0.2, 0) is 0 Å². The van der Waals surface area contributed by atoms with Crippen molar-refractivity contribution in [2.24, 2.45) is 5.73 Å². The molecule has 0 aromatic heterocycles. The Bertz CT molecular complexity index is 417. The van der Waals surface area contributed by atoms with Crippen LogP contribution in [-0.4, -0.2) is 12.1 Å². The average Bonchev–Trinajstić information content (AvgIpc) is 2.70. The van der Waals surface area contributed by atoms with E-state index in [0.717, 1.165) is 30.5 Å². The molecule has 0 radical (unpaired) electrons. The summed E-state index contributed by atoms with van der Waals surface area (Å²) in [5.41, 5.74) is 7.63. The van der Waals surface area contributed by atoms with E-state index < -0.39 is 0 Å². The molecule has 3 unspecified atom stereocenters. The van der Waals surface area contributed by atoms with Gasteiger partial charge in [-0.2, -0.15) is 0 Å². The number of anilines is 1. The van der Waals surface area contributed by atoms with Crippen molar-refractivity contribution in [3.8, 4) is 0 Å². The lowest BCUT2D eigenvalue weighted by molar-refractivity contribution is 0.575. The number of para-hydroxylation sites is 1. The van der Waals surface area contributed by atoms with E-state index in [4.69, 9.17) is 5.73 Å². The van der Waals surface area contributed by atoms with Gasteiger partial charge in [-0.25, -0.2) is 4.39 Å². The van der Waals surface area contributed by atoms with Crippen molar-refractivity contribution in [1.82, 2.24) is 0 Å². The van der Waals surface area contributed by atoms with Crippen LogP contribution in [0.1, 0.15) is 51.6 Å². The van der Waals surface area contributed by atoms with Crippen molar-refractivity contribution in [1.29, 1.82) is 0 Å². The second-order valence-electron chi connectivity index (χ2n) is 5.36. The van der Waals surface area contributed by atoms with Crippen LogP contribution in [0.2, 0.25) is 0 Å². The lowest BCUT2D eigenvalue weighted by Gasteiger charge is -2.33. The van der Waals surface area contributed by atoms with Crippen molar-refractivity contribution in [3.63, 3.8) is 0 Å². The maximum Gasteiger partial charge on any atom is 0.146 e. The molecule has 1 fully saturated rings. The van der Waals surface area contributed by atoms with E-state index in [0.29, 0.717) is 12.1 Å². The Kier molecular flexibility index (Phi) is 3.91. The zero-order chi connectivity index (χ0) is 13.3. The number of rotatable bonds is 3. The van der Waals surface area contributed by atoms with E-state index in [2.05, 4.69) is 18.7 Å². The number of nitrogens with zero attached hydrogens (tertiary/aromatic N) is 1. The summed E-state index contributed by atoms with van der Waals surface area (Å²) < 4.78 is 14.2. The number of nitrogens with two attached hydrogens (primary N) is 1. The molecule has 100 valence electrons. The first kappa shape index (κ1) is 13.3. The highest BCUT2D eigenvalue weighted by atomic mass is 19.1. The summed E-state index contributed by atoms with van der Waals surface area (Å²) in [5.74, 6) is -0.142. The van der Waals surface area contributed by atoms with E-state index in [1.54, 1.807) is 12.1 Å². The topological polar surface area (TPSA) is 29.3 Å². The van der Waals surface area contributed by atoms with Crippen LogP contribution >= 0.6 is 0 Å². The highest BCUT2D eigenvalue weighted by Crippen LogP contribution is 2.37. The quantitative estimate of drug-likeness (QED) is 0.888. The lowest BCUT2D eigenvalue weighted by atomic mass is 10.0. The number of halogens is 1. The van der Waals surface area contributed by atoms with Crippen molar-refractivity contribution in [3.05, 3.63) is 29.6 Å². The highest BCUT2D eigenvalue weighted by Gasteiger charge is 2.32. The Morgan fingerprint density at radius 2 is 2.17 bits per heavy atom. The second-order valence-corrected chi connectivity index (χ2v) is 5.36. The molecule has 1 aromatic carbocycles. The normalized spacial score (nSPS) is 25.5. The average molecular weight is 250 g/mol. The molecule has 1 aromatic rings. The van der Waals surface area contributed by atoms with Crippen LogP contribution in [0, 0.1) is 5.82 Å². The van der Waals surface area contributed by atoms with E-state index in [1.807, 2.05) is 13.0 Å². The third-order valence-corrected chi connectivity index (χ3v) is 4.02. The Morgan fingerprint density at radius 3 is 2.78 bits per heavy atom. The molecule has 18 heavy (non-hydrogen) atoms. The van der Waals surface area contributed by atoms with Gasteiger partial charge in [0, 0.05) is 18.1 Å². The van der Waals surface area contributed by atoms with Gasteiger partial charge in [0.05, 0.1) is 5.69 Å². The molecule has 1 aliphatic heterocycles. The Balaban J connectivity index is 2.48. The summed E-state index contributed by atoms with van der Waals surface area (Å²) in [5, 5.41) is 0. The molecule has 0 aliphatic carbocycles. The zero-order valence-corrected chi connectivity index (χ0v) is 11.5. The molecule has 2 N–H and O–H groups in total. The van der Waals surface area contributed by atoms with Gasteiger partial charge in [0.2, 0.25) is 0 Å². The monoisotopic (exact) mass is 250 g/mol. The maximum absolute atomic E-state index is 14.2. The molecule has 0 bridgehead atoms. The third kappa shape index (κ3) is 2.24. The summed E-state index contributed by atoms with van der Waals surface area (Å²) in [6.07, 6.45) is 3.33. The molecular formula is C15H23FN2. The first-order chi connectivity index (χ1) is 8.56. The van der Waals surface area contributed by atoms with Crippen LogP contribution in [0.25, 0.3) is 0 Å². The molecule has 0 saturated carbocycles. The minimum atomic E-state index is -0.142. The Morgan fingerprint density at radius 1 is 1.44 bits per heavy atom. The van der Waals surface area contributed by atoms with Gasteiger partial charge in [-0.05, 0) is 44.7 Å². The fraction of sp³-hybridized carbons (Fsp3) is 0.600. The zero-order valence-electron chi connectivity index (χ0n) is 11.5. The second kappa shape index (κ2) is 5.27. The maximum atomic E-state index is 14.2. The molecule has 0 amide bonds. The predicted molar refractivity (Wildman–Crippen MR) is 74.3 cm³/mol. The van der Waals surface area contributed by atoms with Crippen LogP contribution in [0.15, 0.2) is 18.2 Å². The summed E-state index contributed by atoms with van der Waals surface area (Å²) in [7, 11) is 0. The molecule has 2 rings (SSSR count). The van der Waals surface area contributed by atoms with Gasteiger partial charge in [-0.3, -0.25) is 0 Å². The van der Waals surface area contributed by atoms with E-state index in [-0.39, 0.29) is 11.9 Å². The molecule has 1 saturated heterocycles. The minimum Gasteiger partial charge on any atom is -0.363 e. The molecular weight excluding hydrogens is 227 g/mol. The largest absolute Gasteiger partial charge is 0.363 e. The van der Waals surface area contributed by atoms with Gasteiger partial charge in [-0.15, -0.1) is 0 Å². The SMILES string of the molecule is CCC1CCC(C)N1c1c(F)cccc1C(C)N. The number of hydrogen-bond donors (Lipinski definition) is 1. The van der Waals surface area contributed by atoms with Gasteiger partial charge in [0.25, 0.3) is 0 Å². The van der Waals surface area contributed by atoms with Crippen LogP contribution in [0.3, 0.4) is 0 Å². The van der Waals surface area contributed by atoms with E-state index >= 15 is 0 Å². The van der Waals surface area contributed by atoms with Crippen LogP contribution in [0.4, 0.5) is 10.1 Å². The van der Waals surface area contributed by atoms with Crippen molar-refractivity contribution >= 4 is 5.69 Å². The summed E-state index contributed by atoms with van der Waals surface area (Å²) in [6.45, 7) is 6.26. The first-order valence-electron chi connectivity index (χ1n) is 6.88. The van der Waals surface area contributed by atoms with Gasteiger partial charge < -0.3 is 10.6 Å². The number of hydrogen-bond acceptors (Lipinski definition) is 2. The highest BCUT2D eigenvalue weighted by molar-refractivity contribution is 5.58. The fourth-order valence-electron chi connectivity index (χ4n) is 3.05. The van der Waals surface area contributed by atoms with Gasteiger partial charge in [0.1, 0.15) is 5.82 Å². The molecule has 3 atom stereocenters. The summed E-state index contributed by atoms with van der Waals surface area (Å²) in [6, 6.07) is 5.93. The smallest absolute Gasteiger partial charge is 0.146 e. The lowest BCUT2D eigenvalue weighted by Crippen LogP contribution is -2.36. The standard InChI is InChI=1S/C15H23FN2/c1-4-12-9-8-10(2)18(12)15-13(11(3)17)6-5-7-14(15)16/h5-7,10-12H,4,8-9,17H2,1-3H3. The minimum absolute atomic E-state index is 0.138. The van der Waals surface area contributed by atoms with Crippen molar-refractivity contribution < 1.29 is 4.39 Å². The molecule has 3 heteroatoms. The fourth-order valence-corrected chi connectivity index (χ4v) is 3.05. The predicted octanol–water partition coefficient (Wildman–Crippen LogP) is 3.61. The van der Waals surface area contributed by atoms with E-state index in [1.165, 1.54) is 0 Å². The Hall–Kier alpha value is -1.09. The summed E-state index contributed by atoms with van der Waals surface area (Å²) >= 11 is 0. The van der Waals surface area contributed by atoms with Gasteiger partial charge >= 0.3 is 0 Å². The molecule has 0 spiro atoms. The van der Waals surface area contributed by atoms with Gasteiger partial charge in [-0.1, -0.05) is 19.1 Å². The molecule has 1 heterocycles. The van der Waals surface area contributed by atoms with Crippen molar-refractivity contribution in [2.45, 2.75) is 58.2 Å².